The number of aromatic nitrogens is 3. The van der Waals surface area contributed by atoms with Crippen molar-refractivity contribution in [3.05, 3.63) is 87.2 Å². The van der Waals surface area contributed by atoms with Gasteiger partial charge in [-0.05, 0) is 99.2 Å². The number of halogens is 1. The fourth-order valence-corrected chi connectivity index (χ4v) is 10.5. The summed E-state index contributed by atoms with van der Waals surface area (Å²) in [6.07, 6.45) is 4.75. The first-order valence-corrected chi connectivity index (χ1v) is 21.8. The van der Waals surface area contributed by atoms with E-state index < -0.39 is 11.9 Å². The number of carbonyl (C=O) groups excluding carboxylic acids is 3. The predicted octanol–water partition coefficient (Wildman–Crippen LogP) is 5.73. The number of piperidine rings is 2. The van der Waals surface area contributed by atoms with Crippen LogP contribution in [-0.4, -0.2) is 95.6 Å². The number of fused-ring (bicyclic) bond motifs is 1. The minimum absolute atomic E-state index is 0.101. The van der Waals surface area contributed by atoms with Crippen molar-refractivity contribution in [2.75, 3.05) is 55.6 Å². The zero-order valence-corrected chi connectivity index (χ0v) is 36.1. The van der Waals surface area contributed by atoms with Crippen LogP contribution in [0.15, 0.2) is 65.5 Å². The average molecular weight is 848 g/mol. The van der Waals surface area contributed by atoms with Crippen LogP contribution in [0.5, 0.6) is 5.75 Å². The SMILES string of the molecule is CC1(C)[C@H](NC(=O)c2ccc(N3CCN(CCCC4CCN(c5ccc6nnn(C7CCC(=O)NC7=O)c(=O)c6c5)CC4)CC3)cc2)C(C)(C)[C@H]1Oc1ccc(C#N)c(Cl)c1. The van der Waals surface area contributed by atoms with E-state index in [2.05, 4.69) is 81.5 Å². The second kappa shape index (κ2) is 17.1. The van der Waals surface area contributed by atoms with Gasteiger partial charge in [0.1, 0.15) is 29.5 Å². The van der Waals surface area contributed by atoms with Gasteiger partial charge < -0.3 is 19.9 Å². The van der Waals surface area contributed by atoms with E-state index in [1.54, 1.807) is 18.2 Å². The molecule has 1 aromatic heterocycles. The van der Waals surface area contributed by atoms with Crippen molar-refractivity contribution >= 4 is 51.6 Å². The number of carbonyl (C=O) groups is 3. The monoisotopic (exact) mass is 847 g/mol. The van der Waals surface area contributed by atoms with Crippen LogP contribution in [0.4, 0.5) is 11.4 Å². The van der Waals surface area contributed by atoms with Gasteiger partial charge in [0.15, 0.2) is 0 Å². The summed E-state index contributed by atoms with van der Waals surface area (Å²) in [4.78, 5) is 58.2. The molecule has 1 saturated carbocycles. The third kappa shape index (κ3) is 8.55. The molecule has 3 amide bonds. The lowest BCUT2D eigenvalue weighted by Gasteiger charge is -2.63. The minimum Gasteiger partial charge on any atom is -0.489 e. The number of anilines is 2. The molecule has 61 heavy (non-hydrogen) atoms. The summed E-state index contributed by atoms with van der Waals surface area (Å²) in [6.45, 7) is 15.2. The molecule has 320 valence electrons. The number of nitriles is 1. The molecule has 4 aromatic rings. The zero-order valence-electron chi connectivity index (χ0n) is 35.3. The first-order valence-electron chi connectivity index (χ1n) is 21.5. The highest BCUT2D eigenvalue weighted by molar-refractivity contribution is 6.31. The highest BCUT2D eigenvalue weighted by Gasteiger charge is 2.64. The highest BCUT2D eigenvalue weighted by Crippen LogP contribution is 2.55. The van der Waals surface area contributed by atoms with E-state index in [0.29, 0.717) is 38.7 Å². The van der Waals surface area contributed by atoms with Crippen LogP contribution in [0.3, 0.4) is 0 Å². The number of amides is 3. The van der Waals surface area contributed by atoms with Crippen molar-refractivity contribution < 1.29 is 19.1 Å². The van der Waals surface area contributed by atoms with Crippen LogP contribution in [0.1, 0.15) is 88.2 Å². The second-order valence-electron chi connectivity index (χ2n) is 18.3. The van der Waals surface area contributed by atoms with Crippen molar-refractivity contribution in [2.24, 2.45) is 16.7 Å². The second-order valence-corrected chi connectivity index (χ2v) is 18.7. The van der Waals surface area contributed by atoms with Gasteiger partial charge in [-0.2, -0.15) is 9.94 Å². The molecule has 1 atom stereocenters. The third-order valence-electron chi connectivity index (χ3n) is 13.5. The molecule has 1 unspecified atom stereocenters. The number of rotatable bonds is 11. The Morgan fingerprint density at radius 1 is 0.902 bits per heavy atom. The maximum Gasteiger partial charge on any atom is 0.278 e. The lowest BCUT2D eigenvalue weighted by Crippen LogP contribution is -2.74. The van der Waals surface area contributed by atoms with Crippen LogP contribution in [0.2, 0.25) is 5.02 Å². The maximum atomic E-state index is 13.5. The number of imide groups is 1. The van der Waals surface area contributed by atoms with E-state index in [9.17, 15) is 24.4 Å². The first kappa shape index (κ1) is 42.2. The highest BCUT2D eigenvalue weighted by atomic mass is 35.5. The number of piperazine rings is 1. The molecule has 0 radical (unpaired) electrons. The minimum atomic E-state index is -0.842. The Morgan fingerprint density at radius 2 is 1.59 bits per heavy atom. The van der Waals surface area contributed by atoms with Crippen molar-refractivity contribution in [2.45, 2.75) is 84.4 Å². The van der Waals surface area contributed by atoms with Crippen LogP contribution in [0, 0.1) is 28.1 Å². The molecule has 0 bridgehead atoms. The normalized spacial score (nSPS) is 22.9. The lowest BCUT2D eigenvalue weighted by molar-refractivity contribution is -0.164. The Kier molecular flexibility index (Phi) is 11.8. The smallest absolute Gasteiger partial charge is 0.278 e. The predicted molar refractivity (Wildman–Crippen MR) is 234 cm³/mol. The van der Waals surface area contributed by atoms with Gasteiger partial charge in [-0.25, -0.2) is 0 Å². The largest absolute Gasteiger partial charge is 0.489 e. The van der Waals surface area contributed by atoms with E-state index >= 15 is 0 Å². The fourth-order valence-electron chi connectivity index (χ4n) is 10.3. The quantitative estimate of drug-likeness (QED) is 0.177. The summed E-state index contributed by atoms with van der Waals surface area (Å²) in [5.74, 6) is 0.304. The number of nitrogens with zero attached hydrogens (tertiary/aromatic N) is 7. The maximum absolute atomic E-state index is 13.5. The lowest BCUT2D eigenvalue weighted by atomic mass is 9.49. The Bertz CT molecular complexity index is 2400. The molecule has 2 N–H and O–H groups in total. The standard InChI is InChI=1S/C46H54ClN9O5/c1-45(2)43(46(3,4)44(45)61-34-13-9-31(28-48)36(47)27-34)50-40(58)30-7-10-32(11-8-30)55-24-22-53(23-25-55)19-5-6-29-17-20-54(21-18-29)33-12-14-37-35(26-33)42(60)56(52-51-37)38-15-16-39(57)49-41(38)59/h7-14,26-27,29,38,43-44H,5-6,15-25H2,1-4H3,(H,50,58)(H,49,57,59)/t38?,43-,44-. The van der Waals surface area contributed by atoms with Gasteiger partial charge in [0.05, 0.1) is 16.0 Å². The van der Waals surface area contributed by atoms with Crippen LogP contribution >= 0.6 is 11.6 Å². The number of hydrogen-bond acceptors (Lipinski definition) is 11. The molecule has 14 nitrogen and oxygen atoms in total. The third-order valence-corrected chi connectivity index (χ3v) is 13.8. The summed E-state index contributed by atoms with van der Waals surface area (Å²) < 4.78 is 7.50. The van der Waals surface area contributed by atoms with E-state index in [0.717, 1.165) is 81.1 Å². The molecular formula is C46H54ClN9O5. The van der Waals surface area contributed by atoms with Gasteiger partial charge in [0, 0.05) is 85.6 Å². The van der Waals surface area contributed by atoms with E-state index in [-0.39, 0.29) is 53.2 Å². The molecule has 4 fully saturated rings. The summed E-state index contributed by atoms with van der Waals surface area (Å²) in [6, 6.07) is 19.8. The molecule has 3 aromatic carbocycles. The van der Waals surface area contributed by atoms with Crippen molar-refractivity contribution in [1.29, 1.82) is 5.26 Å². The summed E-state index contributed by atoms with van der Waals surface area (Å²) in [7, 11) is 0. The molecule has 3 aliphatic heterocycles. The molecule has 1 aliphatic carbocycles. The summed E-state index contributed by atoms with van der Waals surface area (Å²) in [5.41, 5.74) is 2.56. The zero-order chi connectivity index (χ0) is 43.1. The van der Waals surface area contributed by atoms with Crippen molar-refractivity contribution in [1.82, 2.24) is 30.5 Å². The van der Waals surface area contributed by atoms with Crippen LogP contribution in [0.25, 0.3) is 10.9 Å². The summed E-state index contributed by atoms with van der Waals surface area (Å²) in [5, 5.41) is 23.8. The van der Waals surface area contributed by atoms with Gasteiger partial charge in [0.25, 0.3) is 17.4 Å². The molecule has 4 aliphatic rings. The van der Waals surface area contributed by atoms with E-state index in [1.165, 1.54) is 6.42 Å². The van der Waals surface area contributed by atoms with Crippen LogP contribution in [-0.2, 0) is 9.59 Å². The van der Waals surface area contributed by atoms with Gasteiger partial charge in [-0.3, -0.25) is 29.4 Å². The molecule has 3 saturated heterocycles. The molecule has 8 rings (SSSR count). The molecular weight excluding hydrogens is 794 g/mol. The van der Waals surface area contributed by atoms with Crippen molar-refractivity contribution in [3.63, 3.8) is 0 Å². The van der Waals surface area contributed by atoms with Gasteiger partial charge in [-0.1, -0.05) is 44.5 Å². The van der Waals surface area contributed by atoms with Gasteiger partial charge in [-0.15, -0.1) is 5.10 Å². The van der Waals surface area contributed by atoms with Crippen molar-refractivity contribution in [3.8, 4) is 11.8 Å². The Labute approximate surface area is 361 Å². The molecule has 0 spiro atoms. The molecule has 15 heteroatoms. The number of benzene rings is 3. The molecule has 4 heterocycles. The topological polar surface area (TPSA) is 166 Å². The van der Waals surface area contributed by atoms with Gasteiger partial charge in [0.2, 0.25) is 5.91 Å². The number of ether oxygens (including phenoxy) is 1. The average Bonchev–Trinajstić information content (AvgIpc) is 3.25. The van der Waals surface area contributed by atoms with E-state index in [4.69, 9.17) is 16.3 Å². The first-order chi connectivity index (χ1) is 29.2. The van der Waals surface area contributed by atoms with E-state index in [1.807, 2.05) is 30.3 Å². The number of hydrogen-bond donors (Lipinski definition) is 2. The fraction of sp³-hybridized carbons (Fsp3) is 0.500. The summed E-state index contributed by atoms with van der Waals surface area (Å²) >= 11 is 6.26. The Hall–Kier alpha value is -5.52. The van der Waals surface area contributed by atoms with Gasteiger partial charge >= 0.3 is 0 Å². The Balaban J connectivity index is 0.762. The number of nitrogens with one attached hydrogen (secondary N) is 2. The Morgan fingerprint density at radius 3 is 2.26 bits per heavy atom. The van der Waals surface area contributed by atoms with Crippen LogP contribution < -0.4 is 30.7 Å².